The van der Waals surface area contributed by atoms with Gasteiger partial charge in [-0.1, -0.05) is 11.3 Å². The van der Waals surface area contributed by atoms with Crippen molar-refractivity contribution < 1.29 is 4.74 Å². The Kier molecular flexibility index (Phi) is 3.96. The van der Waals surface area contributed by atoms with Crippen LogP contribution in [-0.2, 0) is 13.0 Å². The summed E-state index contributed by atoms with van der Waals surface area (Å²) < 4.78 is 5.26. The number of fused-ring (bicyclic) bond motifs is 1. The summed E-state index contributed by atoms with van der Waals surface area (Å²) in [6, 6.07) is 2.01. The summed E-state index contributed by atoms with van der Waals surface area (Å²) in [5.41, 5.74) is 2.22. The Morgan fingerprint density at radius 2 is 2.17 bits per heavy atom. The van der Waals surface area contributed by atoms with E-state index in [0.29, 0.717) is 5.82 Å². The van der Waals surface area contributed by atoms with Crippen LogP contribution < -0.4 is 15.0 Å². The smallest absolute Gasteiger partial charge is 0.188 e. The molecule has 0 spiro atoms. The lowest BCUT2D eigenvalue weighted by Gasteiger charge is -2.27. The number of rotatable bonds is 4. The number of ether oxygens (including phenoxy) is 1. The number of hydrogen-bond donors (Lipinski definition) is 1. The molecule has 0 saturated carbocycles. The minimum atomic E-state index is 0.706. The van der Waals surface area contributed by atoms with Gasteiger partial charge in [-0.15, -0.1) is 0 Å². The van der Waals surface area contributed by atoms with Gasteiger partial charge in [0.2, 0.25) is 0 Å². The number of nitrogens with zero attached hydrogens (tertiary/aromatic N) is 5. The molecule has 0 fully saturated rings. The van der Waals surface area contributed by atoms with Crippen LogP contribution in [0.5, 0.6) is 5.75 Å². The molecule has 8 heteroatoms. The van der Waals surface area contributed by atoms with Gasteiger partial charge in [-0.2, -0.15) is 0 Å². The van der Waals surface area contributed by atoms with Crippen molar-refractivity contribution in [3.8, 4) is 5.75 Å². The van der Waals surface area contributed by atoms with Crippen LogP contribution in [0.2, 0.25) is 0 Å². The number of methoxy groups -OCH3 is 1. The molecule has 4 rings (SSSR count). The van der Waals surface area contributed by atoms with E-state index in [4.69, 9.17) is 4.74 Å². The third kappa shape index (κ3) is 3.00. The van der Waals surface area contributed by atoms with Gasteiger partial charge in [-0.25, -0.2) is 9.97 Å². The topological polar surface area (TPSA) is 76.1 Å². The molecule has 0 radical (unpaired) electrons. The zero-order valence-corrected chi connectivity index (χ0v) is 14.0. The van der Waals surface area contributed by atoms with Crippen LogP contribution in [0, 0.1) is 0 Å². The monoisotopic (exact) mass is 340 g/mol. The first-order valence-corrected chi connectivity index (χ1v) is 8.39. The molecule has 1 N–H and O–H groups in total. The van der Waals surface area contributed by atoms with Gasteiger partial charge in [0.1, 0.15) is 5.75 Å². The zero-order chi connectivity index (χ0) is 16.4. The summed E-state index contributed by atoms with van der Waals surface area (Å²) in [6.45, 7) is 1.74. The molecule has 122 valence electrons. The predicted molar refractivity (Wildman–Crippen MR) is 93.0 cm³/mol. The number of anilines is 3. The first-order valence-electron chi connectivity index (χ1n) is 7.57. The van der Waals surface area contributed by atoms with Crippen LogP contribution in [0.3, 0.4) is 0 Å². The summed E-state index contributed by atoms with van der Waals surface area (Å²) in [7, 11) is 1.66. The van der Waals surface area contributed by atoms with Crippen LogP contribution in [0.15, 0.2) is 37.1 Å². The van der Waals surface area contributed by atoms with Crippen molar-refractivity contribution in [1.29, 1.82) is 0 Å². The first-order chi connectivity index (χ1) is 11.8. The average molecular weight is 340 g/mol. The highest BCUT2D eigenvalue weighted by molar-refractivity contribution is 7.15. The second-order valence-electron chi connectivity index (χ2n) is 5.36. The van der Waals surface area contributed by atoms with Gasteiger partial charge in [0.05, 0.1) is 43.6 Å². The Bertz CT molecular complexity index is 838. The summed E-state index contributed by atoms with van der Waals surface area (Å²) in [6.07, 6.45) is 9.49. The Hall–Kier alpha value is -2.74. The van der Waals surface area contributed by atoms with E-state index in [1.54, 1.807) is 43.2 Å². The van der Waals surface area contributed by atoms with E-state index in [-0.39, 0.29) is 0 Å². The van der Waals surface area contributed by atoms with E-state index in [1.165, 1.54) is 4.88 Å². The van der Waals surface area contributed by atoms with E-state index in [9.17, 15) is 0 Å². The third-order valence-electron chi connectivity index (χ3n) is 3.83. The molecule has 7 nitrogen and oxygen atoms in total. The molecule has 4 heterocycles. The van der Waals surface area contributed by atoms with Gasteiger partial charge in [0, 0.05) is 36.3 Å². The van der Waals surface area contributed by atoms with E-state index in [2.05, 4.69) is 30.2 Å². The maximum atomic E-state index is 5.26. The average Bonchev–Trinajstić information content (AvgIpc) is 3.04. The van der Waals surface area contributed by atoms with Crippen molar-refractivity contribution in [3.63, 3.8) is 0 Å². The third-order valence-corrected chi connectivity index (χ3v) is 4.83. The molecule has 0 amide bonds. The van der Waals surface area contributed by atoms with Crippen molar-refractivity contribution in [2.75, 3.05) is 23.9 Å². The van der Waals surface area contributed by atoms with Crippen molar-refractivity contribution in [2.45, 2.75) is 13.0 Å². The van der Waals surface area contributed by atoms with E-state index < -0.39 is 0 Å². The van der Waals surface area contributed by atoms with E-state index >= 15 is 0 Å². The highest BCUT2D eigenvalue weighted by Gasteiger charge is 2.21. The fraction of sp³-hybridized carbons (Fsp3) is 0.250. The van der Waals surface area contributed by atoms with Crippen LogP contribution in [-0.4, -0.2) is 33.6 Å². The van der Waals surface area contributed by atoms with Crippen molar-refractivity contribution in [2.24, 2.45) is 0 Å². The molecule has 1 aliphatic rings. The molecule has 0 unspecified atom stereocenters. The first kappa shape index (κ1) is 14.8. The zero-order valence-electron chi connectivity index (χ0n) is 13.1. The summed E-state index contributed by atoms with van der Waals surface area (Å²) >= 11 is 1.66. The fourth-order valence-corrected chi connectivity index (χ4v) is 3.67. The number of pyridine rings is 1. The Balaban J connectivity index is 1.52. The van der Waals surface area contributed by atoms with Crippen LogP contribution >= 0.6 is 11.3 Å². The number of aromatic nitrogens is 4. The molecular formula is C16H16N6OS. The highest BCUT2D eigenvalue weighted by Crippen LogP contribution is 2.32. The van der Waals surface area contributed by atoms with Gasteiger partial charge < -0.3 is 15.0 Å². The molecule has 24 heavy (non-hydrogen) atoms. The predicted octanol–water partition coefficient (Wildman–Crippen LogP) is 2.64. The van der Waals surface area contributed by atoms with Crippen molar-refractivity contribution >= 4 is 28.0 Å². The molecule has 0 saturated heterocycles. The SMILES string of the molecule is COc1cncc(N2CCc3nc(Nc4cnccn4)sc3C2)c1. The lowest BCUT2D eigenvalue weighted by Crippen LogP contribution is -2.29. The van der Waals surface area contributed by atoms with Crippen molar-refractivity contribution in [1.82, 2.24) is 19.9 Å². The standard InChI is InChI=1S/C16H16N6OS/c1-23-12-6-11(7-18-8-12)22-5-2-13-14(10-22)24-16(20-13)21-15-9-17-3-4-19-15/h3-4,6-9H,2,5,10H2,1H3,(H,19,20,21). The van der Waals surface area contributed by atoms with E-state index in [1.807, 2.05) is 12.3 Å². The number of hydrogen-bond acceptors (Lipinski definition) is 8. The number of thiazole rings is 1. The molecule has 3 aromatic heterocycles. The second-order valence-corrected chi connectivity index (χ2v) is 6.44. The van der Waals surface area contributed by atoms with Gasteiger partial charge in [-0.05, 0) is 0 Å². The summed E-state index contributed by atoms with van der Waals surface area (Å²) in [5.74, 6) is 1.48. The van der Waals surface area contributed by atoms with E-state index in [0.717, 1.165) is 41.8 Å². The summed E-state index contributed by atoms with van der Waals surface area (Å²) in [4.78, 5) is 20.8. The van der Waals surface area contributed by atoms with Crippen LogP contribution in [0.1, 0.15) is 10.6 Å². The Labute approximate surface area is 143 Å². The lowest BCUT2D eigenvalue weighted by molar-refractivity contribution is 0.413. The molecular weight excluding hydrogens is 324 g/mol. The van der Waals surface area contributed by atoms with Crippen molar-refractivity contribution in [3.05, 3.63) is 47.6 Å². The fourth-order valence-electron chi connectivity index (χ4n) is 2.63. The second kappa shape index (κ2) is 6.40. The molecule has 0 aromatic carbocycles. The highest BCUT2D eigenvalue weighted by atomic mass is 32.1. The normalized spacial score (nSPS) is 13.5. The molecule has 0 bridgehead atoms. The number of nitrogens with one attached hydrogen (secondary N) is 1. The minimum Gasteiger partial charge on any atom is -0.495 e. The maximum Gasteiger partial charge on any atom is 0.188 e. The van der Waals surface area contributed by atoms with Crippen LogP contribution in [0.4, 0.5) is 16.6 Å². The van der Waals surface area contributed by atoms with Gasteiger partial charge in [0.25, 0.3) is 0 Å². The Morgan fingerprint density at radius 1 is 1.21 bits per heavy atom. The Morgan fingerprint density at radius 3 is 3.00 bits per heavy atom. The lowest BCUT2D eigenvalue weighted by atomic mass is 10.1. The molecule has 3 aromatic rings. The van der Waals surface area contributed by atoms with Gasteiger partial charge in [-0.3, -0.25) is 9.97 Å². The molecule has 0 atom stereocenters. The van der Waals surface area contributed by atoms with Gasteiger partial charge >= 0.3 is 0 Å². The van der Waals surface area contributed by atoms with Crippen LogP contribution in [0.25, 0.3) is 0 Å². The molecule has 0 aliphatic carbocycles. The largest absolute Gasteiger partial charge is 0.495 e. The van der Waals surface area contributed by atoms with Gasteiger partial charge in [0.15, 0.2) is 10.9 Å². The maximum absolute atomic E-state index is 5.26. The molecule has 1 aliphatic heterocycles. The minimum absolute atomic E-state index is 0.706. The quantitative estimate of drug-likeness (QED) is 0.782. The summed E-state index contributed by atoms with van der Waals surface area (Å²) in [5, 5.41) is 4.07.